The molecule has 2 aliphatic rings. The SMILES string of the molecule is CC1=CC(c2ccc(-c3cn[nH]c3)cc2S)=NN=C(N2CCN(C)C(C(C)C)C2)C1. The molecule has 30 heavy (non-hydrogen) atoms. The van der Waals surface area contributed by atoms with E-state index in [0.717, 1.165) is 59.2 Å². The van der Waals surface area contributed by atoms with Gasteiger partial charge in [0.1, 0.15) is 5.84 Å². The molecule has 1 saturated heterocycles. The van der Waals surface area contributed by atoms with E-state index in [0.29, 0.717) is 12.0 Å². The summed E-state index contributed by atoms with van der Waals surface area (Å²) >= 11 is 4.74. The van der Waals surface area contributed by atoms with Crippen molar-refractivity contribution < 1.29 is 0 Å². The zero-order chi connectivity index (χ0) is 21.3. The maximum atomic E-state index is 4.74. The number of H-pyrrole nitrogens is 1. The lowest BCUT2D eigenvalue weighted by molar-refractivity contribution is 0.107. The summed E-state index contributed by atoms with van der Waals surface area (Å²) in [6, 6.07) is 6.74. The molecule has 1 atom stereocenters. The number of aromatic nitrogens is 2. The molecule has 0 aliphatic carbocycles. The summed E-state index contributed by atoms with van der Waals surface area (Å²) < 4.78 is 0. The fourth-order valence-corrected chi connectivity index (χ4v) is 4.54. The number of allylic oxidation sites excluding steroid dienone is 1. The molecule has 0 spiro atoms. The zero-order valence-electron chi connectivity index (χ0n) is 18.1. The Hall–Kier alpha value is -2.38. The third-order valence-corrected chi connectivity index (χ3v) is 6.40. The number of amidine groups is 1. The Morgan fingerprint density at radius 1 is 1.17 bits per heavy atom. The van der Waals surface area contributed by atoms with E-state index >= 15 is 0 Å². The highest BCUT2D eigenvalue weighted by Crippen LogP contribution is 2.26. The number of piperazine rings is 1. The highest BCUT2D eigenvalue weighted by atomic mass is 32.1. The molecule has 0 saturated carbocycles. The second kappa shape index (κ2) is 8.78. The first-order valence-electron chi connectivity index (χ1n) is 10.5. The molecule has 3 heterocycles. The normalized spacial score (nSPS) is 20.7. The van der Waals surface area contributed by atoms with Gasteiger partial charge in [0.05, 0.1) is 11.9 Å². The lowest BCUT2D eigenvalue weighted by Gasteiger charge is -2.42. The minimum Gasteiger partial charge on any atom is -0.355 e. The molecule has 1 N–H and O–H groups in total. The van der Waals surface area contributed by atoms with Crippen LogP contribution in [0.4, 0.5) is 0 Å². The Balaban J connectivity index is 1.60. The van der Waals surface area contributed by atoms with Crippen molar-refractivity contribution in [1.82, 2.24) is 20.0 Å². The van der Waals surface area contributed by atoms with Crippen LogP contribution >= 0.6 is 12.6 Å². The van der Waals surface area contributed by atoms with E-state index in [1.165, 1.54) is 5.57 Å². The Morgan fingerprint density at radius 3 is 2.70 bits per heavy atom. The van der Waals surface area contributed by atoms with Crippen LogP contribution in [0.5, 0.6) is 0 Å². The number of thiol groups is 1. The lowest BCUT2D eigenvalue weighted by atomic mass is 9.99. The summed E-state index contributed by atoms with van der Waals surface area (Å²) in [5.41, 5.74) is 5.24. The predicted octanol–water partition coefficient (Wildman–Crippen LogP) is 4.09. The van der Waals surface area contributed by atoms with E-state index in [4.69, 9.17) is 17.7 Å². The summed E-state index contributed by atoms with van der Waals surface area (Å²) in [6.07, 6.45) is 6.66. The molecule has 0 bridgehead atoms. The molecular formula is C23H30N6S. The smallest absolute Gasteiger partial charge is 0.131 e. The number of hydrogen-bond acceptors (Lipinski definition) is 6. The number of aromatic amines is 1. The summed E-state index contributed by atoms with van der Waals surface area (Å²) in [4.78, 5) is 5.76. The first-order chi connectivity index (χ1) is 14.4. The van der Waals surface area contributed by atoms with Crippen molar-refractivity contribution in [1.29, 1.82) is 0 Å². The second-order valence-corrected chi connectivity index (χ2v) is 9.11. The molecule has 6 nitrogen and oxygen atoms in total. The van der Waals surface area contributed by atoms with Crippen LogP contribution < -0.4 is 0 Å². The highest BCUT2D eigenvalue weighted by Gasteiger charge is 2.29. The van der Waals surface area contributed by atoms with Gasteiger partial charge in [-0.25, -0.2) is 0 Å². The van der Waals surface area contributed by atoms with Crippen LogP contribution in [0.3, 0.4) is 0 Å². The van der Waals surface area contributed by atoms with Gasteiger partial charge in [-0.3, -0.25) is 10.00 Å². The van der Waals surface area contributed by atoms with Gasteiger partial charge >= 0.3 is 0 Å². The number of hydrogen-bond donors (Lipinski definition) is 2. The number of rotatable bonds is 3. The quantitative estimate of drug-likeness (QED) is 0.733. The Morgan fingerprint density at radius 2 is 2.00 bits per heavy atom. The van der Waals surface area contributed by atoms with Crippen LogP contribution in [0.15, 0.2) is 57.3 Å². The van der Waals surface area contributed by atoms with Gasteiger partial charge < -0.3 is 4.90 Å². The third-order valence-electron chi connectivity index (χ3n) is 6.03. The highest BCUT2D eigenvalue weighted by molar-refractivity contribution is 7.80. The fourth-order valence-electron chi connectivity index (χ4n) is 4.21. The maximum absolute atomic E-state index is 4.74. The molecule has 2 aliphatic heterocycles. The van der Waals surface area contributed by atoms with E-state index in [1.54, 1.807) is 0 Å². The Labute approximate surface area is 184 Å². The minimum absolute atomic E-state index is 0.539. The third kappa shape index (κ3) is 4.37. The van der Waals surface area contributed by atoms with Crippen molar-refractivity contribution in [2.45, 2.75) is 38.1 Å². The van der Waals surface area contributed by atoms with Gasteiger partial charge in [0.25, 0.3) is 0 Å². The Bertz CT molecular complexity index is 989. The number of nitrogens with zero attached hydrogens (tertiary/aromatic N) is 5. The van der Waals surface area contributed by atoms with E-state index in [1.807, 2.05) is 12.4 Å². The molecule has 0 radical (unpaired) electrons. The van der Waals surface area contributed by atoms with Crippen LogP contribution in [0.2, 0.25) is 0 Å². The molecule has 4 rings (SSSR count). The number of benzene rings is 1. The average Bonchev–Trinajstić information content (AvgIpc) is 3.18. The molecular weight excluding hydrogens is 392 g/mol. The summed E-state index contributed by atoms with van der Waals surface area (Å²) in [7, 11) is 2.22. The summed E-state index contributed by atoms with van der Waals surface area (Å²) in [5, 5.41) is 16.2. The predicted molar refractivity (Wildman–Crippen MR) is 126 cm³/mol. The topological polar surface area (TPSA) is 59.9 Å². The lowest BCUT2D eigenvalue weighted by Crippen LogP contribution is -2.55. The van der Waals surface area contributed by atoms with Crippen LogP contribution in [0.1, 0.15) is 32.8 Å². The standard InChI is InChI=1S/C23H30N6S/c1-15(2)21-14-29(8-7-28(21)4)23-10-16(3)9-20(26-27-23)19-6-5-17(11-22(19)30)18-12-24-25-13-18/h5-6,9,11-13,15,21,30H,7-8,10,14H2,1-4H3,(H,24,25). The minimum atomic E-state index is 0.539. The molecule has 1 unspecified atom stereocenters. The molecule has 1 aromatic carbocycles. The van der Waals surface area contributed by atoms with Crippen molar-refractivity contribution in [2.24, 2.45) is 16.1 Å². The molecule has 1 fully saturated rings. The van der Waals surface area contributed by atoms with E-state index in [2.05, 4.69) is 77.2 Å². The van der Waals surface area contributed by atoms with Gasteiger partial charge in [-0.05, 0) is 37.6 Å². The fraction of sp³-hybridized carbons (Fsp3) is 0.435. The first-order valence-corrected chi connectivity index (χ1v) is 11.0. The van der Waals surface area contributed by atoms with Crippen molar-refractivity contribution in [3.63, 3.8) is 0 Å². The monoisotopic (exact) mass is 422 g/mol. The van der Waals surface area contributed by atoms with Gasteiger partial charge in [-0.1, -0.05) is 31.6 Å². The molecule has 7 heteroatoms. The summed E-state index contributed by atoms with van der Waals surface area (Å²) in [5.74, 6) is 1.67. The second-order valence-electron chi connectivity index (χ2n) is 8.63. The van der Waals surface area contributed by atoms with Crippen molar-refractivity contribution in [3.05, 3.63) is 47.8 Å². The average molecular weight is 423 g/mol. The largest absolute Gasteiger partial charge is 0.355 e. The summed E-state index contributed by atoms with van der Waals surface area (Å²) in [6.45, 7) is 9.79. The van der Waals surface area contributed by atoms with Gasteiger partial charge in [0, 0.05) is 54.3 Å². The Kier molecular flexibility index (Phi) is 6.11. The van der Waals surface area contributed by atoms with E-state index in [9.17, 15) is 0 Å². The van der Waals surface area contributed by atoms with E-state index < -0.39 is 0 Å². The van der Waals surface area contributed by atoms with Crippen molar-refractivity contribution in [3.8, 4) is 11.1 Å². The van der Waals surface area contributed by atoms with Crippen LogP contribution in [0.25, 0.3) is 11.1 Å². The maximum Gasteiger partial charge on any atom is 0.131 e. The van der Waals surface area contributed by atoms with Crippen molar-refractivity contribution >= 4 is 24.2 Å². The molecule has 0 amide bonds. The van der Waals surface area contributed by atoms with Gasteiger partial charge in [-0.15, -0.1) is 22.8 Å². The number of nitrogens with one attached hydrogen (secondary N) is 1. The van der Waals surface area contributed by atoms with Gasteiger partial charge in [0.15, 0.2) is 0 Å². The van der Waals surface area contributed by atoms with E-state index in [-0.39, 0.29) is 0 Å². The van der Waals surface area contributed by atoms with Crippen LogP contribution in [-0.4, -0.2) is 64.3 Å². The van der Waals surface area contributed by atoms with Gasteiger partial charge in [-0.2, -0.15) is 5.10 Å². The first kappa shape index (κ1) is 20.9. The van der Waals surface area contributed by atoms with Gasteiger partial charge in [0.2, 0.25) is 0 Å². The zero-order valence-corrected chi connectivity index (χ0v) is 19.0. The molecule has 2 aromatic rings. The molecule has 158 valence electrons. The van der Waals surface area contributed by atoms with Crippen molar-refractivity contribution in [2.75, 3.05) is 26.7 Å². The molecule has 1 aromatic heterocycles. The van der Waals surface area contributed by atoms with Crippen LogP contribution in [0, 0.1) is 5.92 Å². The van der Waals surface area contributed by atoms with Crippen LogP contribution in [-0.2, 0) is 0 Å². The number of likely N-dealkylation sites (N-methyl/N-ethyl adjacent to an activating group) is 1.